The quantitative estimate of drug-likeness (QED) is 0.620. The second-order valence-electron chi connectivity index (χ2n) is 6.42. The number of carbonyl (C=O) groups excluding carboxylic acids is 1. The highest BCUT2D eigenvalue weighted by Gasteiger charge is 2.17. The highest BCUT2D eigenvalue weighted by atomic mass is 35.5. The molecule has 3 aromatic rings. The highest BCUT2D eigenvalue weighted by molar-refractivity contribution is 8.00. The fourth-order valence-corrected chi connectivity index (χ4v) is 3.52. The van der Waals surface area contributed by atoms with Gasteiger partial charge in [-0.3, -0.25) is 9.59 Å². The van der Waals surface area contributed by atoms with Crippen LogP contribution < -0.4 is 10.9 Å². The fraction of sp³-hybridized carbons (Fsp3) is 0.190. The second-order valence-corrected chi connectivity index (χ2v) is 8.19. The van der Waals surface area contributed by atoms with Crippen molar-refractivity contribution in [1.29, 1.82) is 0 Å². The van der Waals surface area contributed by atoms with Gasteiger partial charge in [0.1, 0.15) is 5.03 Å². The van der Waals surface area contributed by atoms with Crippen LogP contribution in [0.25, 0.3) is 5.69 Å². The maximum Gasteiger partial charge on any atom is 0.271 e. The molecule has 1 atom stereocenters. The molecule has 1 aromatic heterocycles. The van der Waals surface area contributed by atoms with Crippen molar-refractivity contribution in [3.05, 3.63) is 81.1 Å². The standard InChI is InChI=1S/C21H20ClN3O2S/c1-13-7-9-16(10-8-13)25-20(26)12-11-19(24-25)28-15(3)21(27)23-18-6-4-5-17(22)14(18)2/h4-12,15H,1-3H3,(H,23,27)/t15-/m1/s1. The molecule has 0 saturated carbocycles. The van der Waals surface area contributed by atoms with E-state index in [0.29, 0.717) is 21.4 Å². The lowest BCUT2D eigenvalue weighted by Crippen LogP contribution is -2.24. The molecule has 0 spiro atoms. The van der Waals surface area contributed by atoms with Gasteiger partial charge < -0.3 is 5.32 Å². The summed E-state index contributed by atoms with van der Waals surface area (Å²) in [5.74, 6) is -0.162. The predicted octanol–water partition coefficient (Wildman–Crippen LogP) is 4.62. The first-order valence-corrected chi connectivity index (χ1v) is 10.0. The third-order valence-corrected chi connectivity index (χ3v) is 5.68. The van der Waals surface area contributed by atoms with Crippen LogP contribution in [-0.4, -0.2) is 20.9 Å². The van der Waals surface area contributed by atoms with Gasteiger partial charge in [0.05, 0.1) is 10.9 Å². The summed E-state index contributed by atoms with van der Waals surface area (Å²) in [5, 5.41) is 8.08. The Hall–Kier alpha value is -2.57. The minimum absolute atomic E-state index is 0.162. The number of hydrogen-bond acceptors (Lipinski definition) is 4. The molecule has 7 heteroatoms. The molecule has 0 aliphatic carbocycles. The number of nitrogens with zero attached hydrogens (tertiary/aromatic N) is 2. The Bertz CT molecular complexity index is 1060. The van der Waals surface area contributed by atoms with Gasteiger partial charge in [-0.1, -0.05) is 47.1 Å². The number of halogens is 1. The van der Waals surface area contributed by atoms with Gasteiger partial charge in [0, 0.05) is 16.8 Å². The molecule has 28 heavy (non-hydrogen) atoms. The average Bonchev–Trinajstić information content (AvgIpc) is 2.67. The summed E-state index contributed by atoms with van der Waals surface area (Å²) < 4.78 is 1.34. The zero-order valence-corrected chi connectivity index (χ0v) is 17.3. The first kappa shape index (κ1) is 20.2. The Balaban J connectivity index is 1.76. The van der Waals surface area contributed by atoms with E-state index in [2.05, 4.69) is 10.4 Å². The SMILES string of the molecule is Cc1ccc(-n2nc(S[C@H](C)C(=O)Nc3cccc(Cl)c3C)ccc2=O)cc1. The van der Waals surface area contributed by atoms with E-state index >= 15 is 0 Å². The predicted molar refractivity (Wildman–Crippen MR) is 115 cm³/mol. The van der Waals surface area contributed by atoms with E-state index in [9.17, 15) is 9.59 Å². The van der Waals surface area contributed by atoms with Crippen LogP contribution in [-0.2, 0) is 4.79 Å². The van der Waals surface area contributed by atoms with Gasteiger partial charge in [0.25, 0.3) is 5.56 Å². The van der Waals surface area contributed by atoms with Crippen LogP contribution in [0.3, 0.4) is 0 Å². The Morgan fingerprint density at radius 3 is 2.54 bits per heavy atom. The average molecular weight is 414 g/mol. The minimum Gasteiger partial charge on any atom is -0.325 e. The van der Waals surface area contributed by atoms with E-state index in [1.54, 1.807) is 25.1 Å². The van der Waals surface area contributed by atoms with Crippen LogP contribution in [0, 0.1) is 13.8 Å². The number of amides is 1. The van der Waals surface area contributed by atoms with E-state index in [4.69, 9.17) is 11.6 Å². The van der Waals surface area contributed by atoms with Gasteiger partial charge >= 0.3 is 0 Å². The van der Waals surface area contributed by atoms with Crippen molar-refractivity contribution < 1.29 is 4.79 Å². The van der Waals surface area contributed by atoms with Gasteiger partial charge in [-0.15, -0.1) is 0 Å². The highest BCUT2D eigenvalue weighted by Crippen LogP contribution is 2.25. The number of aromatic nitrogens is 2. The lowest BCUT2D eigenvalue weighted by Gasteiger charge is -2.14. The molecular weight excluding hydrogens is 394 g/mol. The summed E-state index contributed by atoms with van der Waals surface area (Å²) in [6.45, 7) is 5.63. The third-order valence-electron chi connectivity index (χ3n) is 4.25. The van der Waals surface area contributed by atoms with Crippen molar-refractivity contribution in [3.63, 3.8) is 0 Å². The summed E-state index contributed by atoms with van der Waals surface area (Å²) in [5.41, 5.74) is 3.07. The summed E-state index contributed by atoms with van der Waals surface area (Å²) in [6.07, 6.45) is 0. The molecule has 1 amide bonds. The Labute approximate surface area is 172 Å². The van der Waals surface area contributed by atoms with Gasteiger partial charge in [-0.2, -0.15) is 9.78 Å². The van der Waals surface area contributed by atoms with Crippen LogP contribution in [0.2, 0.25) is 5.02 Å². The molecular formula is C21H20ClN3O2S. The second kappa shape index (κ2) is 8.63. The number of hydrogen-bond donors (Lipinski definition) is 1. The smallest absolute Gasteiger partial charge is 0.271 e. The molecule has 2 aromatic carbocycles. The van der Waals surface area contributed by atoms with Crippen molar-refractivity contribution in [3.8, 4) is 5.69 Å². The largest absolute Gasteiger partial charge is 0.325 e. The zero-order valence-electron chi connectivity index (χ0n) is 15.8. The molecule has 0 fully saturated rings. The number of carbonyl (C=O) groups is 1. The number of thioether (sulfide) groups is 1. The summed E-state index contributed by atoms with van der Waals surface area (Å²) in [4.78, 5) is 24.8. The lowest BCUT2D eigenvalue weighted by molar-refractivity contribution is -0.115. The molecule has 0 radical (unpaired) electrons. The maximum absolute atomic E-state index is 12.6. The maximum atomic E-state index is 12.6. The molecule has 3 rings (SSSR count). The molecule has 144 valence electrons. The Morgan fingerprint density at radius 1 is 1.11 bits per heavy atom. The van der Waals surface area contributed by atoms with Crippen LogP contribution >= 0.6 is 23.4 Å². The molecule has 0 saturated heterocycles. The van der Waals surface area contributed by atoms with Crippen LogP contribution in [0.1, 0.15) is 18.1 Å². The molecule has 5 nitrogen and oxygen atoms in total. The van der Waals surface area contributed by atoms with Crippen molar-refractivity contribution >= 4 is 35.0 Å². The van der Waals surface area contributed by atoms with E-state index < -0.39 is 5.25 Å². The van der Waals surface area contributed by atoms with Gasteiger partial charge in [-0.25, -0.2) is 0 Å². The number of aryl methyl sites for hydroxylation is 1. The molecule has 0 bridgehead atoms. The molecule has 1 N–H and O–H groups in total. The lowest BCUT2D eigenvalue weighted by atomic mass is 10.2. The number of nitrogens with one attached hydrogen (secondary N) is 1. The van der Waals surface area contributed by atoms with Crippen LogP contribution in [0.5, 0.6) is 0 Å². The number of benzene rings is 2. The number of rotatable bonds is 5. The van der Waals surface area contributed by atoms with Crippen molar-refractivity contribution in [2.75, 3.05) is 5.32 Å². The Kier molecular flexibility index (Phi) is 6.21. The van der Waals surface area contributed by atoms with E-state index in [1.807, 2.05) is 44.2 Å². The number of anilines is 1. The monoisotopic (exact) mass is 413 g/mol. The fourth-order valence-electron chi connectivity index (χ4n) is 2.54. The van der Waals surface area contributed by atoms with Gasteiger partial charge in [-0.05, 0) is 56.7 Å². The molecule has 0 aliphatic heterocycles. The van der Waals surface area contributed by atoms with E-state index in [1.165, 1.54) is 22.5 Å². The van der Waals surface area contributed by atoms with Gasteiger partial charge in [0.15, 0.2) is 0 Å². The van der Waals surface area contributed by atoms with Crippen molar-refractivity contribution in [2.45, 2.75) is 31.0 Å². The topological polar surface area (TPSA) is 64.0 Å². The van der Waals surface area contributed by atoms with E-state index in [0.717, 1.165) is 11.1 Å². The summed E-state index contributed by atoms with van der Waals surface area (Å²) >= 11 is 7.39. The molecule has 0 unspecified atom stereocenters. The zero-order chi connectivity index (χ0) is 20.3. The van der Waals surface area contributed by atoms with Crippen molar-refractivity contribution in [2.24, 2.45) is 0 Å². The van der Waals surface area contributed by atoms with Crippen LogP contribution in [0.15, 0.2) is 64.4 Å². The normalized spacial score (nSPS) is 11.9. The first-order chi connectivity index (χ1) is 13.3. The Morgan fingerprint density at radius 2 is 1.82 bits per heavy atom. The minimum atomic E-state index is -0.408. The van der Waals surface area contributed by atoms with Crippen molar-refractivity contribution in [1.82, 2.24) is 9.78 Å². The first-order valence-electron chi connectivity index (χ1n) is 8.75. The van der Waals surface area contributed by atoms with Crippen LogP contribution in [0.4, 0.5) is 5.69 Å². The summed E-state index contributed by atoms with van der Waals surface area (Å²) in [6, 6.07) is 16.0. The third kappa shape index (κ3) is 4.64. The molecule has 1 heterocycles. The summed E-state index contributed by atoms with van der Waals surface area (Å²) in [7, 11) is 0. The van der Waals surface area contributed by atoms with Gasteiger partial charge in [0.2, 0.25) is 5.91 Å². The van der Waals surface area contributed by atoms with E-state index in [-0.39, 0.29) is 11.5 Å². The molecule has 0 aliphatic rings.